The van der Waals surface area contributed by atoms with E-state index in [0.717, 1.165) is 16.7 Å². The molecule has 7 nitrogen and oxygen atoms in total. The molecule has 0 fully saturated rings. The molecule has 4 rings (SSSR count). The van der Waals surface area contributed by atoms with Gasteiger partial charge in [-0.15, -0.1) is 0 Å². The van der Waals surface area contributed by atoms with Gasteiger partial charge in [0.15, 0.2) is 0 Å². The lowest BCUT2D eigenvalue weighted by molar-refractivity contribution is -0.125. The normalized spacial score (nSPS) is 19.4. The number of carbonyl (C=O) groups is 2. The van der Waals surface area contributed by atoms with E-state index in [1.165, 1.54) is 0 Å². The van der Waals surface area contributed by atoms with Crippen molar-refractivity contribution in [2.45, 2.75) is 31.1 Å². The maximum Gasteiger partial charge on any atom is 0.227 e. The molecule has 1 aliphatic rings. The van der Waals surface area contributed by atoms with Crippen LogP contribution in [0.5, 0.6) is 0 Å². The summed E-state index contributed by atoms with van der Waals surface area (Å²) in [4.78, 5) is 28.9. The maximum absolute atomic E-state index is 12.5. The molecule has 0 radical (unpaired) electrons. The van der Waals surface area contributed by atoms with Gasteiger partial charge in [0, 0.05) is 18.1 Å². The van der Waals surface area contributed by atoms with Crippen LogP contribution in [0.3, 0.4) is 0 Å². The van der Waals surface area contributed by atoms with Crippen LogP contribution in [0.25, 0.3) is 11.1 Å². The molecule has 3 aromatic rings. The number of anilines is 1. The Morgan fingerprint density at radius 2 is 1.68 bits per heavy atom. The molecule has 1 aromatic heterocycles. The van der Waals surface area contributed by atoms with Gasteiger partial charge >= 0.3 is 0 Å². The number of ether oxygens (including phenoxy) is 1. The van der Waals surface area contributed by atoms with Gasteiger partial charge in [-0.1, -0.05) is 60.7 Å². The monoisotopic (exact) mass is 457 g/mol. The van der Waals surface area contributed by atoms with Gasteiger partial charge in [0.1, 0.15) is 6.10 Å². The quantitative estimate of drug-likeness (QED) is 0.451. The minimum Gasteiger partial charge on any atom is -0.394 e. The molecule has 0 bridgehead atoms. The van der Waals surface area contributed by atoms with E-state index in [1.807, 2.05) is 60.7 Å². The highest BCUT2D eigenvalue weighted by Crippen LogP contribution is 2.22. The molecule has 2 amide bonds. The molecule has 1 aliphatic heterocycles. The molecule has 174 valence electrons. The van der Waals surface area contributed by atoms with Crippen LogP contribution >= 0.6 is 0 Å². The highest BCUT2D eigenvalue weighted by atomic mass is 16.5. The molecule has 2 aromatic carbocycles. The van der Waals surface area contributed by atoms with Gasteiger partial charge in [0.05, 0.1) is 31.6 Å². The van der Waals surface area contributed by atoms with Crippen molar-refractivity contribution >= 4 is 17.5 Å². The number of carbonyl (C=O) groups excluding carboxylic acids is 2. The first-order chi connectivity index (χ1) is 16.6. The first kappa shape index (κ1) is 23.4. The summed E-state index contributed by atoms with van der Waals surface area (Å²) in [5, 5.41) is 15.5. The molecule has 3 N–H and O–H groups in total. The number of amides is 2. The van der Waals surface area contributed by atoms with Gasteiger partial charge in [-0.2, -0.15) is 0 Å². The van der Waals surface area contributed by atoms with Gasteiger partial charge in [0.2, 0.25) is 11.8 Å². The van der Waals surface area contributed by atoms with Crippen molar-refractivity contribution in [3.63, 3.8) is 0 Å². The van der Waals surface area contributed by atoms with Crippen molar-refractivity contribution in [3.05, 3.63) is 96.8 Å². The molecule has 0 saturated carbocycles. The molecule has 0 aliphatic carbocycles. The molecule has 0 saturated heterocycles. The van der Waals surface area contributed by atoms with Crippen LogP contribution in [0.2, 0.25) is 0 Å². The number of aromatic nitrogens is 1. The largest absolute Gasteiger partial charge is 0.394 e. The predicted octanol–water partition coefficient (Wildman–Crippen LogP) is 3.12. The Morgan fingerprint density at radius 1 is 0.912 bits per heavy atom. The third-order valence-electron chi connectivity index (χ3n) is 5.54. The number of hydrogen-bond acceptors (Lipinski definition) is 5. The number of rotatable bonds is 8. The standard InChI is InChI=1S/C27H27N3O4/c31-18-25-24(30-26(32)15-19-5-4-14-28-17-19)13-12-23(34-25)16-27(33)29-22-10-8-21(9-11-22)20-6-2-1-3-7-20/h1-14,17,23-25,31H,15-16,18H2,(H,29,33)(H,30,32)/t23-,24+,25+/m1/s1. The Morgan fingerprint density at radius 3 is 2.38 bits per heavy atom. The molecule has 0 spiro atoms. The van der Waals surface area contributed by atoms with Crippen LogP contribution in [0.1, 0.15) is 12.0 Å². The molecular weight excluding hydrogens is 430 g/mol. The first-order valence-electron chi connectivity index (χ1n) is 11.2. The molecule has 34 heavy (non-hydrogen) atoms. The average molecular weight is 458 g/mol. The number of aliphatic hydroxyl groups excluding tert-OH is 1. The minimum atomic E-state index is -0.634. The molecule has 7 heteroatoms. The van der Waals surface area contributed by atoms with Crippen LogP contribution in [0.15, 0.2) is 91.3 Å². The second-order valence-electron chi connectivity index (χ2n) is 8.11. The van der Waals surface area contributed by atoms with Gasteiger partial charge in [-0.05, 0) is 34.9 Å². The van der Waals surface area contributed by atoms with Crippen molar-refractivity contribution < 1.29 is 19.4 Å². The molecule has 3 atom stereocenters. The number of benzene rings is 2. The van der Waals surface area contributed by atoms with Gasteiger partial charge < -0.3 is 20.5 Å². The van der Waals surface area contributed by atoms with E-state index in [0.29, 0.717) is 5.69 Å². The summed E-state index contributed by atoms with van der Waals surface area (Å²) < 4.78 is 5.86. The van der Waals surface area contributed by atoms with Crippen LogP contribution in [0.4, 0.5) is 5.69 Å². The molecule has 0 unspecified atom stereocenters. The lowest BCUT2D eigenvalue weighted by Gasteiger charge is -2.31. The maximum atomic E-state index is 12.5. The van der Waals surface area contributed by atoms with E-state index in [-0.39, 0.29) is 31.3 Å². The zero-order chi connectivity index (χ0) is 23.8. The number of hydrogen-bond donors (Lipinski definition) is 3. The summed E-state index contributed by atoms with van der Waals surface area (Å²) in [5.41, 5.74) is 3.68. The van der Waals surface area contributed by atoms with Gasteiger partial charge in [-0.3, -0.25) is 14.6 Å². The number of pyridine rings is 1. The second-order valence-corrected chi connectivity index (χ2v) is 8.11. The Kier molecular flexibility index (Phi) is 7.80. The van der Waals surface area contributed by atoms with Crippen molar-refractivity contribution in [3.8, 4) is 11.1 Å². The number of nitrogens with one attached hydrogen (secondary N) is 2. The third kappa shape index (κ3) is 6.37. The van der Waals surface area contributed by atoms with Gasteiger partial charge in [-0.25, -0.2) is 0 Å². The van der Waals surface area contributed by atoms with Crippen LogP contribution < -0.4 is 10.6 Å². The lowest BCUT2D eigenvalue weighted by atomic mass is 10.0. The van der Waals surface area contributed by atoms with E-state index in [1.54, 1.807) is 30.6 Å². The Balaban J connectivity index is 1.29. The van der Waals surface area contributed by atoms with E-state index < -0.39 is 18.2 Å². The highest BCUT2D eigenvalue weighted by molar-refractivity contribution is 5.91. The van der Waals surface area contributed by atoms with E-state index in [2.05, 4.69) is 15.6 Å². The SMILES string of the molecule is O=C(C[C@H]1C=C[C@H](NC(=O)Cc2cccnc2)[C@H](CO)O1)Nc1ccc(-c2ccccc2)cc1. The second kappa shape index (κ2) is 11.4. The summed E-state index contributed by atoms with van der Waals surface area (Å²) in [6.45, 7) is -0.277. The Bertz CT molecular complexity index is 1120. The van der Waals surface area contributed by atoms with Crippen molar-refractivity contribution in [1.82, 2.24) is 10.3 Å². The zero-order valence-electron chi connectivity index (χ0n) is 18.6. The molecular formula is C27H27N3O4. The highest BCUT2D eigenvalue weighted by Gasteiger charge is 2.29. The van der Waals surface area contributed by atoms with Crippen LogP contribution in [0, 0.1) is 0 Å². The Hall–Kier alpha value is -3.81. The summed E-state index contributed by atoms with van der Waals surface area (Å²) in [6.07, 6.45) is 5.97. The number of nitrogens with zero attached hydrogens (tertiary/aromatic N) is 1. The van der Waals surface area contributed by atoms with Crippen molar-refractivity contribution in [2.75, 3.05) is 11.9 Å². The van der Waals surface area contributed by atoms with Gasteiger partial charge in [0.25, 0.3) is 0 Å². The zero-order valence-corrected chi connectivity index (χ0v) is 18.6. The van der Waals surface area contributed by atoms with Crippen LogP contribution in [-0.4, -0.2) is 46.8 Å². The van der Waals surface area contributed by atoms with E-state index in [9.17, 15) is 14.7 Å². The summed E-state index contributed by atoms with van der Waals surface area (Å²) in [5.74, 6) is -0.391. The average Bonchev–Trinajstić information content (AvgIpc) is 2.86. The lowest BCUT2D eigenvalue weighted by Crippen LogP contribution is -2.49. The fourth-order valence-electron chi connectivity index (χ4n) is 3.83. The summed E-state index contributed by atoms with van der Waals surface area (Å²) in [6, 6.07) is 20.8. The third-order valence-corrected chi connectivity index (χ3v) is 5.54. The van der Waals surface area contributed by atoms with Crippen LogP contribution in [-0.2, 0) is 20.7 Å². The van der Waals surface area contributed by atoms with Crippen molar-refractivity contribution in [2.24, 2.45) is 0 Å². The summed E-state index contributed by atoms with van der Waals surface area (Å²) >= 11 is 0. The first-order valence-corrected chi connectivity index (χ1v) is 11.2. The van der Waals surface area contributed by atoms with E-state index in [4.69, 9.17) is 4.74 Å². The smallest absolute Gasteiger partial charge is 0.227 e. The predicted molar refractivity (Wildman–Crippen MR) is 130 cm³/mol. The fourth-order valence-corrected chi connectivity index (χ4v) is 3.83. The van der Waals surface area contributed by atoms with Crippen molar-refractivity contribution in [1.29, 1.82) is 0 Å². The van der Waals surface area contributed by atoms with E-state index >= 15 is 0 Å². The fraction of sp³-hybridized carbons (Fsp3) is 0.222. The number of aliphatic hydroxyl groups is 1. The minimum absolute atomic E-state index is 0.101. The Labute approximate surface area is 198 Å². The topological polar surface area (TPSA) is 101 Å². The molecule has 2 heterocycles. The summed E-state index contributed by atoms with van der Waals surface area (Å²) in [7, 11) is 0.